The SMILES string of the molecule is O=C(CCCC(F)(F)F)C1(O)CCCC1. The monoisotopic (exact) mass is 224 g/mol. The summed E-state index contributed by atoms with van der Waals surface area (Å²) in [6, 6.07) is 0. The van der Waals surface area contributed by atoms with Crippen molar-refractivity contribution in [2.24, 2.45) is 0 Å². The molecular weight excluding hydrogens is 209 g/mol. The van der Waals surface area contributed by atoms with Gasteiger partial charge in [-0.3, -0.25) is 4.79 Å². The summed E-state index contributed by atoms with van der Waals surface area (Å²) in [4.78, 5) is 11.4. The van der Waals surface area contributed by atoms with E-state index < -0.39 is 24.0 Å². The van der Waals surface area contributed by atoms with E-state index in [2.05, 4.69) is 0 Å². The molecule has 1 rings (SSSR count). The highest BCUT2D eigenvalue weighted by atomic mass is 19.4. The number of hydrogen-bond donors (Lipinski definition) is 1. The molecule has 2 nitrogen and oxygen atoms in total. The number of rotatable bonds is 4. The fourth-order valence-electron chi connectivity index (χ4n) is 1.92. The first kappa shape index (κ1) is 12.5. The standard InChI is InChI=1S/C10H15F3O2/c11-10(12,13)7-3-4-8(14)9(15)5-1-2-6-9/h15H,1-7H2. The largest absolute Gasteiger partial charge is 0.389 e. The number of carbonyl (C=O) groups is 1. The van der Waals surface area contributed by atoms with Gasteiger partial charge < -0.3 is 5.11 Å². The van der Waals surface area contributed by atoms with Crippen LogP contribution >= 0.6 is 0 Å². The maximum atomic E-state index is 11.8. The van der Waals surface area contributed by atoms with E-state index >= 15 is 0 Å². The van der Waals surface area contributed by atoms with E-state index in [0.29, 0.717) is 12.8 Å². The number of alkyl halides is 3. The van der Waals surface area contributed by atoms with E-state index in [4.69, 9.17) is 0 Å². The quantitative estimate of drug-likeness (QED) is 0.796. The number of Topliss-reactive ketones (excluding diaryl/α,β-unsaturated/α-hetero) is 1. The molecule has 1 N–H and O–H groups in total. The molecule has 0 radical (unpaired) electrons. The van der Waals surface area contributed by atoms with Gasteiger partial charge in [-0.05, 0) is 32.1 Å². The minimum absolute atomic E-state index is 0.171. The molecule has 0 atom stereocenters. The number of ketones is 1. The van der Waals surface area contributed by atoms with E-state index in [9.17, 15) is 23.1 Å². The molecule has 0 amide bonds. The third kappa shape index (κ3) is 3.81. The zero-order valence-corrected chi connectivity index (χ0v) is 8.44. The Labute approximate surface area is 86.5 Å². The highest BCUT2D eigenvalue weighted by molar-refractivity contribution is 5.87. The van der Waals surface area contributed by atoms with Crippen molar-refractivity contribution in [2.75, 3.05) is 0 Å². The predicted octanol–water partition coefficient (Wildman–Crippen LogP) is 2.59. The Morgan fingerprint density at radius 2 is 1.80 bits per heavy atom. The average molecular weight is 224 g/mol. The van der Waals surface area contributed by atoms with Crippen molar-refractivity contribution < 1.29 is 23.1 Å². The Hall–Kier alpha value is -0.580. The van der Waals surface area contributed by atoms with Gasteiger partial charge in [0, 0.05) is 12.8 Å². The Balaban J connectivity index is 2.30. The van der Waals surface area contributed by atoms with Crippen LogP contribution in [0.4, 0.5) is 13.2 Å². The van der Waals surface area contributed by atoms with E-state index in [1.54, 1.807) is 0 Å². The lowest BCUT2D eigenvalue weighted by atomic mass is 9.93. The second-order valence-corrected chi connectivity index (χ2v) is 4.13. The van der Waals surface area contributed by atoms with Crippen molar-refractivity contribution in [1.29, 1.82) is 0 Å². The molecule has 0 bridgehead atoms. The van der Waals surface area contributed by atoms with Gasteiger partial charge in [-0.1, -0.05) is 0 Å². The van der Waals surface area contributed by atoms with Crippen molar-refractivity contribution in [1.82, 2.24) is 0 Å². The first-order chi connectivity index (χ1) is 6.83. The summed E-state index contributed by atoms with van der Waals surface area (Å²) in [6.45, 7) is 0. The van der Waals surface area contributed by atoms with E-state index in [-0.39, 0.29) is 12.8 Å². The number of halogens is 3. The molecule has 88 valence electrons. The smallest absolute Gasteiger partial charge is 0.382 e. The van der Waals surface area contributed by atoms with Gasteiger partial charge in [0.25, 0.3) is 0 Å². The molecule has 0 heterocycles. The summed E-state index contributed by atoms with van der Waals surface area (Å²) in [7, 11) is 0. The van der Waals surface area contributed by atoms with Crippen molar-refractivity contribution >= 4 is 5.78 Å². The summed E-state index contributed by atoms with van der Waals surface area (Å²) in [5, 5.41) is 9.76. The molecule has 5 heteroatoms. The van der Waals surface area contributed by atoms with Crippen LogP contribution in [0.25, 0.3) is 0 Å². The number of hydrogen-bond acceptors (Lipinski definition) is 2. The molecule has 1 fully saturated rings. The molecular formula is C10H15F3O2. The summed E-state index contributed by atoms with van der Waals surface area (Å²) >= 11 is 0. The molecule has 1 saturated carbocycles. The topological polar surface area (TPSA) is 37.3 Å². The van der Waals surface area contributed by atoms with Crippen LogP contribution in [0.3, 0.4) is 0 Å². The maximum absolute atomic E-state index is 11.8. The van der Waals surface area contributed by atoms with Crippen LogP contribution in [-0.4, -0.2) is 22.7 Å². The Morgan fingerprint density at radius 1 is 1.27 bits per heavy atom. The fourth-order valence-corrected chi connectivity index (χ4v) is 1.92. The molecule has 0 aromatic carbocycles. The molecule has 0 aromatic heterocycles. The highest BCUT2D eigenvalue weighted by Crippen LogP contribution is 2.32. The van der Waals surface area contributed by atoms with Crippen molar-refractivity contribution in [3.63, 3.8) is 0 Å². The Morgan fingerprint density at radius 3 is 2.27 bits per heavy atom. The normalized spacial score (nSPS) is 20.5. The molecule has 0 saturated heterocycles. The molecule has 0 aliphatic heterocycles. The summed E-state index contributed by atoms with van der Waals surface area (Å²) in [5.74, 6) is -0.427. The van der Waals surface area contributed by atoms with Crippen LogP contribution in [0.1, 0.15) is 44.9 Å². The van der Waals surface area contributed by atoms with Crippen LogP contribution in [0.5, 0.6) is 0 Å². The van der Waals surface area contributed by atoms with Crippen molar-refractivity contribution in [3.05, 3.63) is 0 Å². The molecule has 0 aromatic rings. The van der Waals surface area contributed by atoms with Gasteiger partial charge in [0.05, 0.1) is 0 Å². The summed E-state index contributed by atoms with van der Waals surface area (Å²) in [6.07, 6.45) is -3.19. The lowest BCUT2D eigenvalue weighted by Gasteiger charge is -2.20. The molecule has 15 heavy (non-hydrogen) atoms. The summed E-state index contributed by atoms with van der Waals surface area (Å²) < 4.78 is 35.4. The zero-order chi connectivity index (χ0) is 11.5. The summed E-state index contributed by atoms with van der Waals surface area (Å²) in [5.41, 5.74) is -1.33. The van der Waals surface area contributed by atoms with Gasteiger partial charge in [0.15, 0.2) is 5.78 Å². The van der Waals surface area contributed by atoms with Gasteiger partial charge in [0.2, 0.25) is 0 Å². The fraction of sp³-hybridized carbons (Fsp3) is 0.900. The van der Waals surface area contributed by atoms with E-state index in [1.807, 2.05) is 0 Å². The van der Waals surface area contributed by atoms with Crippen LogP contribution in [0.2, 0.25) is 0 Å². The van der Waals surface area contributed by atoms with Gasteiger partial charge in [-0.25, -0.2) is 0 Å². The number of carbonyl (C=O) groups excluding carboxylic acids is 1. The second kappa shape index (κ2) is 4.51. The van der Waals surface area contributed by atoms with Crippen LogP contribution in [-0.2, 0) is 4.79 Å². The van der Waals surface area contributed by atoms with Crippen LogP contribution < -0.4 is 0 Å². The molecule has 1 aliphatic rings. The van der Waals surface area contributed by atoms with E-state index in [1.165, 1.54) is 0 Å². The lowest BCUT2D eigenvalue weighted by molar-refractivity contribution is -0.142. The second-order valence-electron chi connectivity index (χ2n) is 4.13. The van der Waals surface area contributed by atoms with Gasteiger partial charge in [-0.2, -0.15) is 13.2 Å². The van der Waals surface area contributed by atoms with Crippen LogP contribution in [0, 0.1) is 0 Å². The van der Waals surface area contributed by atoms with Crippen molar-refractivity contribution in [3.8, 4) is 0 Å². The zero-order valence-electron chi connectivity index (χ0n) is 8.44. The van der Waals surface area contributed by atoms with E-state index in [0.717, 1.165) is 12.8 Å². The van der Waals surface area contributed by atoms with Gasteiger partial charge in [0.1, 0.15) is 5.60 Å². The average Bonchev–Trinajstić information content (AvgIpc) is 2.51. The third-order valence-electron chi connectivity index (χ3n) is 2.81. The Kier molecular flexibility index (Phi) is 3.76. The lowest BCUT2D eigenvalue weighted by Crippen LogP contribution is -2.35. The van der Waals surface area contributed by atoms with Crippen molar-refractivity contribution in [2.45, 2.75) is 56.7 Å². The molecule has 0 unspecified atom stereocenters. The van der Waals surface area contributed by atoms with Gasteiger partial charge >= 0.3 is 6.18 Å². The van der Waals surface area contributed by atoms with Gasteiger partial charge in [-0.15, -0.1) is 0 Å². The maximum Gasteiger partial charge on any atom is 0.389 e. The Bertz CT molecular complexity index is 229. The predicted molar refractivity (Wildman–Crippen MR) is 48.3 cm³/mol. The molecule has 0 spiro atoms. The molecule has 1 aliphatic carbocycles. The number of aliphatic hydroxyl groups is 1. The first-order valence-electron chi connectivity index (χ1n) is 5.16. The minimum Gasteiger partial charge on any atom is -0.382 e. The first-order valence-corrected chi connectivity index (χ1v) is 5.16. The van der Waals surface area contributed by atoms with Crippen LogP contribution in [0.15, 0.2) is 0 Å². The minimum atomic E-state index is -4.21. The third-order valence-corrected chi connectivity index (χ3v) is 2.81. The highest BCUT2D eigenvalue weighted by Gasteiger charge is 2.38.